The molecule has 1 heterocycles. The van der Waals surface area contributed by atoms with Crippen LogP contribution >= 0.6 is 11.6 Å². The molecule has 0 aliphatic heterocycles. The van der Waals surface area contributed by atoms with Gasteiger partial charge < -0.3 is 5.32 Å². The zero-order valence-electron chi connectivity index (χ0n) is 10.6. The second kappa shape index (κ2) is 6.47. The van der Waals surface area contributed by atoms with Crippen LogP contribution in [0, 0.1) is 5.82 Å². The number of nitrogens with zero attached hydrogens (tertiary/aromatic N) is 4. The Morgan fingerprint density at radius 3 is 3.00 bits per heavy atom. The Hall–Kier alpha value is -1.69. The molecule has 0 aliphatic carbocycles. The van der Waals surface area contributed by atoms with Gasteiger partial charge in [-0.1, -0.05) is 36.1 Å². The lowest BCUT2D eigenvalue weighted by atomic mass is 10.2. The van der Waals surface area contributed by atoms with Crippen LogP contribution in [-0.2, 0) is 13.1 Å². The number of anilines is 1. The maximum atomic E-state index is 13.6. The molecule has 0 unspecified atom stereocenters. The first kappa shape index (κ1) is 13.7. The molecule has 1 aromatic carbocycles. The molecule has 0 fully saturated rings. The molecular formula is C12H15ClFN5. The average molecular weight is 284 g/mol. The van der Waals surface area contributed by atoms with Gasteiger partial charge in [0.05, 0.1) is 0 Å². The van der Waals surface area contributed by atoms with Crippen LogP contribution in [0.15, 0.2) is 18.2 Å². The summed E-state index contributed by atoms with van der Waals surface area (Å²) in [4.78, 5) is 0. The molecule has 0 aliphatic rings. The second-order valence-corrected chi connectivity index (χ2v) is 4.54. The first-order valence-electron chi connectivity index (χ1n) is 6.15. The molecule has 19 heavy (non-hydrogen) atoms. The zero-order chi connectivity index (χ0) is 13.7. The lowest BCUT2D eigenvalue weighted by Crippen LogP contribution is -2.10. The fraction of sp³-hybridized carbons (Fsp3) is 0.417. The van der Waals surface area contributed by atoms with Gasteiger partial charge in [-0.25, -0.2) is 9.07 Å². The Balaban J connectivity index is 2.04. The predicted octanol–water partition coefficient (Wildman–Crippen LogP) is 2.88. The van der Waals surface area contributed by atoms with Gasteiger partial charge in [-0.15, -0.1) is 0 Å². The summed E-state index contributed by atoms with van der Waals surface area (Å²) in [6, 6.07) is 4.61. The molecule has 5 nitrogen and oxygen atoms in total. The largest absolute Gasteiger partial charge is 0.349 e. The highest BCUT2D eigenvalue weighted by Crippen LogP contribution is 2.19. The standard InChI is InChI=1S/C12H15ClFN5/c1-2-3-7-19-12(16-17-18-19)15-8-9-10(13)5-4-6-11(9)14/h4-6H,2-3,7-8H2,1H3,(H,15,16,18). The van der Waals surface area contributed by atoms with Crippen LogP contribution < -0.4 is 5.32 Å². The van der Waals surface area contributed by atoms with Gasteiger partial charge >= 0.3 is 0 Å². The fourth-order valence-corrected chi connectivity index (χ4v) is 1.89. The lowest BCUT2D eigenvalue weighted by molar-refractivity contribution is 0.555. The highest BCUT2D eigenvalue weighted by atomic mass is 35.5. The minimum Gasteiger partial charge on any atom is -0.349 e. The number of aromatic nitrogens is 4. The van der Waals surface area contributed by atoms with Crippen LogP contribution in [-0.4, -0.2) is 20.2 Å². The van der Waals surface area contributed by atoms with E-state index in [1.54, 1.807) is 16.8 Å². The normalized spacial score (nSPS) is 10.7. The molecule has 0 atom stereocenters. The van der Waals surface area contributed by atoms with E-state index in [1.807, 2.05) is 0 Å². The van der Waals surface area contributed by atoms with Crippen molar-refractivity contribution in [3.8, 4) is 0 Å². The molecule has 2 aromatic rings. The minimum atomic E-state index is -0.340. The third-order valence-corrected chi connectivity index (χ3v) is 3.09. The molecule has 0 spiro atoms. The predicted molar refractivity (Wildman–Crippen MR) is 71.5 cm³/mol. The van der Waals surface area contributed by atoms with Crippen LogP contribution in [0.4, 0.5) is 10.3 Å². The monoisotopic (exact) mass is 283 g/mol. The van der Waals surface area contributed by atoms with E-state index in [9.17, 15) is 4.39 Å². The van der Waals surface area contributed by atoms with E-state index < -0.39 is 0 Å². The fourth-order valence-electron chi connectivity index (χ4n) is 1.66. The van der Waals surface area contributed by atoms with Crippen molar-refractivity contribution >= 4 is 17.5 Å². The summed E-state index contributed by atoms with van der Waals surface area (Å²) >= 11 is 5.95. The number of hydrogen-bond donors (Lipinski definition) is 1. The van der Waals surface area contributed by atoms with Gasteiger partial charge in [0, 0.05) is 23.7 Å². The van der Waals surface area contributed by atoms with E-state index in [-0.39, 0.29) is 12.4 Å². The SMILES string of the molecule is CCCCn1nnnc1NCc1c(F)cccc1Cl. The summed E-state index contributed by atoms with van der Waals surface area (Å²) in [7, 11) is 0. The number of rotatable bonds is 6. The average Bonchev–Trinajstić information content (AvgIpc) is 2.83. The molecule has 0 bridgehead atoms. The Kier molecular flexibility index (Phi) is 4.68. The molecule has 1 aromatic heterocycles. The van der Waals surface area contributed by atoms with Gasteiger partial charge in [-0.05, 0) is 29.0 Å². The maximum absolute atomic E-state index is 13.6. The first-order chi connectivity index (χ1) is 9.22. The van der Waals surface area contributed by atoms with Gasteiger partial charge in [0.15, 0.2) is 0 Å². The summed E-state index contributed by atoms with van der Waals surface area (Å²) in [5.74, 6) is 0.181. The van der Waals surface area contributed by atoms with Crippen molar-refractivity contribution in [3.05, 3.63) is 34.6 Å². The topological polar surface area (TPSA) is 55.6 Å². The van der Waals surface area contributed by atoms with Crippen molar-refractivity contribution in [2.75, 3.05) is 5.32 Å². The van der Waals surface area contributed by atoms with Gasteiger partial charge in [-0.2, -0.15) is 0 Å². The maximum Gasteiger partial charge on any atom is 0.243 e. The van der Waals surface area contributed by atoms with Gasteiger partial charge in [-0.3, -0.25) is 0 Å². The van der Waals surface area contributed by atoms with Crippen LogP contribution in [0.2, 0.25) is 5.02 Å². The van der Waals surface area contributed by atoms with Gasteiger partial charge in [0.2, 0.25) is 5.95 Å². The number of hydrogen-bond acceptors (Lipinski definition) is 4. The van der Waals surface area contributed by atoms with Crippen molar-refractivity contribution in [3.63, 3.8) is 0 Å². The Morgan fingerprint density at radius 2 is 2.26 bits per heavy atom. The van der Waals surface area contributed by atoms with Crippen molar-refractivity contribution in [1.82, 2.24) is 20.2 Å². The van der Waals surface area contributed by atoms with E-state index in [0.29, 0.717) is 16.5 Å². The van der Waals surface area contributed by atoms with E-state index in [2.05, 4.69) is 27.8 Å². The number of tetrazole rings is 1. The third kappa shape index (κ3) is 3.41. The summed E-state index contributed by atoms with van der Waals surface area (Å²) in [5, 5.41) is 14.7. The zero-order valence-corrected chi connectivity index (χ0v) is 11.4. The summed E-state index contributed by atoms with van der Waals surface area (Å²) in [6.45, 7) is 3.07. The molecule has 7 heteroatoms. The van der Waals surface area contributed by atoms with Gasteiger partial charge in [0.25, 0.3) is 0 Å². The first-order valence-corrected chi connectivity index (χ1v) is 6.53. The molecule has 1 N–H and O–H groups in total. The summed E-state index contributed by atoms with van der Waals surface area (Å²) in [5.41, 5.74) is 0.411. The van der Waals surface area contributed by atoms with Crippen molar-refractivity contribution in [2.45, 2.75) is 32.9 Å². The quantitative estimate of drug-likeness (QED) is 0.886. The molecule has 0 amide bonds. The van der Waals surface area contributed by atoms with Crippen molar-refractivity contribution in [1.29, 1.82) is 0 Å². The Labute approximate surface area is 115 Å². The minimum absolute atomic E-state index is 0.248. The highest BCUT2D eigenvalue weighted by molar-refractivity contribution is 6.31. The van der Waals surface area contributed by atoms with Crippen LogP contribution in [0.1, 0.15) is 25.3 Å². The molecular weight excluding hydrogens is 269 g/mol. The molecule has 102 valence electrons. The number of halogens is 2. The van der Waals surface area contributed by atoms with Crippen LogP contribution in [0.5, 0.6) is 0 Å². The smallest absolute Gasteiger partial charge is 0.243 e. The molecule has 0 radical (unpaired) electrons. The summed E-state index contributed by atoms with van der Waals surface area (Å²) in [6.07, 6.45) is 2.04. The van der Waals surface area contributed by atoms with Crippen LogP contribution in [0.25, 0.3) is 0 Å². The van der Waals surface area contributed by atoms with Gasteiger partial charge in [0.1, 0.15) is 5.82 Å². The van der Waals surface area contributed by atoms with Crippen molar-refractivity contribution in [2.24, 2.45) is 0 Å². The molecule has 0 saturated carbocycles. The van der Waals surface area contributed by atoms with E-state index in [4.69, 9.17) is 11.6 Å². The molecule has 2 rings (SSSR count). The number of nitrogens with one attached hydrogen (secondary N) is 1. The highest BCUT2D eigenvalue weighted by Gasteiger charge is 2.09. The summed E-state index contributed by atoms with van der Waals surface area (Å²) < 4.78 is 15.3. The van der Waals surface area contributed by atoms with E-state index in [1.165, 1.54) is 6.07 Å². The Morgan fingerprint density at radius 1 is 1.42 bits per heavy atom. The van der Waals surface area contributed by atoms with E-state index in [0.717, 1.165) is 19.4 Å². The molecule has 0 saturated heterocycles. The lowest BCUT2D eigenvalue weighted by Gasteiger charge is -2.08. The van der Waals surface area contributed by atoms with E-state index >= 15 is 0 Å². The number of unbranched alkanes of at least 4 members (excludes halogenated alkanes) is 1. The Bertz CT molecular complexity index is 522. The third-order valence-electron chi connectivity index (χ3n) is 2.74. The number of aryl methyl sites for hydroxylation is 1. The second-order valence-electron chi connectivity index (χ2n) is 4.13. The van der Waals surface area contributed by atoms with Crippen molar-refractivity contribution < 1.29 is 4.39 Å². The van der Waals surface area contributed by atoms with Crippen LogP contribution in [0.3, 0.4) is 0 Å². The number of benzene rings is 1.